The molecule has 1 amide bonds. The summed E-state index contributed by atoms with van der Waals surface area (Å²) < 4.78 is 26.9. The van der Waals surface area contributed by atoms with Gasteiger partial charge in [-0.25, -0.2) is 13.8 Å². The second-order valence-electron chi connectivity index (χ2n) is 10.5. The highest BCUT2D eigenvalue weighted by molar-refractivity contribution is 5.99. The molecule has 2 atom stereocenters. The van der Waals surface area contributed by atoms with Gasteiger partial charge in [0.05, 0.1) is 18.2 Å². The lowest BCUT2D eigenvalue weighted by atomic mass is 9.92. The molecule has 0 spiro atoms. The number of anilines is 1. The number of fused-ring (bicyclic) bond motifs is 1. The van der Waals surface area contributed by atoms with Gasteiger partial charge in [-0.15, -0.1) is 0 Å². The summed E-state index contributed by atoms with van der Waals surface area (Å²) in [5.74, 6) is -2.29. The summed E-state index contributed by atoms with van der Waals surface area (Å²) in [7, 11) is 0. The van der Waals surface area contributed by atoms with Gasteiger partial charge in [-0.2, -0.15) is 0 Å². The van der Waals surface area contributed by atoms with Crippen molar-refractivity contribution in [2.75, 3.05) is 25.4 Å². The second kappa shape index (κ2) is 8.57. The van der Waals surface area contributed by atoms with E-state index in [0.717, 1.165) is 43.9 Å². The summed E-state index contributed by atoms with van der Waals surface area (Å²) in [6.07, 6.45) is 5.30. The molecule has 2 aliphatic carbocycles. The van der Waals surface area contributed by atoms with Gasteiger partial charge in [0.25, 0.3) is 11.8 Å². The Morgan fingerprint density at radius 3 is 2.62 bits per heavy atom. The first-order valence-corrected chi connectivity index (χ1v) is 12.1. The molecule has 6 nitrogen and oxygen atoms in total. The Hall–Kier alpha value is -2.58. The number of halogens is 2. The Morgan fingerprint density at radius 1 is 1.24 bits per heavy atom. The number of nitrogen functional groups attached to an aromatic ring is 1. The number of aliphatic hydroxyl groups excluding tert-OH is 1. The van der Waals surface area contributed by atoms with Crippen molar-refractivity contribution in [1.29, 1.82) is 0 Å². The molecule has 34 heavy (non-hydrogen) atoms. The van der Waals surface area contributed by atoms with Crippen LogP contribution in [0.4, 0.5) is 14.6 Å². The van der Waals surface area contributed by atoms with Crippen LogP contribution in [-0.4, -0.2) is 58.6 Å². The monoisotopic (exact) mass is 470 g/mol. The predicted octanol–water partition coefficient (Wildman–Crippen LogP) is 3.59. The lowest BCUT2D eigenvalue weighted by Gasteiger charge is -2.26. The van der Waals surface area contributed by atoms with Crippen LogP contribution in [0.25, 0.3) is 11.1 Å². The summed E-state index contributed by atoms with van der Waals surface area (Å²) >= 11 is 0. The fraction of sp³-hybridized carbons (Fsp3) is 0.538. The van der Waals surface area contributed by atoms with E-state index in [1.807, 2.05) is 17.0 Å². The van der Waals surface area contributed by atoms with Crippen molar-refractivity contribution in [1.82, 2.24) is 15.2 Å². The molecule has 0 radical (unpaired) electrons. The highest BCUT2D eigenvalue weighted by atomic mass is 19.3. The summed E-state index contributed by atoms with van der Waals surface area (Å²) in [5, 5.41) is 12.7. The molecule has 1 aliphatic heterocycles. The highest BCUT2D eigenvalue weighted by Gasteiger charge is 2.61. The largest absolute Gasteiger partial charge is 0.393 e. The molecule has 3 aliphatic rings. The molecule has 0 bridgehead atoms. The number of nitrogens with zero attached hydrogens (tertiary/aromatic N) is 2. The van der Waals surface area contributed by atoms with E-state index in [2.05, 4.69) is 22.4 Å². The molecule has 1 saturated heterocycles. The second-order valence-corrected chi connectivity index (χ2v) is 10.5. The quantitative estimate of drug-likeness (QED) is 0.600. The number of alkyl halides is 2. The Kier molecular flexibility index (Phi) is 5.84. The molecule has 182 valence electrons. The lowest BCUT2D eigenvalue weighted by molar-refractivity contribution is -0.0116. The zero-order valence-corrected chi connectivity index (χ0v) is 19.4. The number of benzene rings is 1. The smallest absolute Gasteiger partial charge is 0.257 e. The fourth-order valence-electron chi connectivity index (χ4n) is 5.84. The number of carbonyl (C=O) groups is 1. The van der Waals surface area contributed by atoms with E-state index in [1.165, 1.54) is 5.56 Å². The van der Waals surface area contributed by atoms with Crippen molar-refractivity contribution in [3.63, 3.8) is 0 Å². The Bertz CT molecular complexity index is 1060. The number of likely N-dealkylation sites (tertiary alicyclic amines) is 1. The van der Waals surface area contributed by atoms with E-state index < -0.39 is 5.92 Å². The van der Waals surface area contributed by atoms with E-state index in [-0.39, 0.29) is 35.8 Å². The van der Waals surface area contributed by atoms with Gasteiger partial charge in [0.15, 0.2) is 0 Å². The topological polar surface area (TPSA) is 91.5 Å². The van der Waals surface area contributed by atoms with Crippen LogP contribution in [0.1, 0.15) is 54.9 Å². The van der Waals surface area contributed by atoms with Gasteiger partial charge in [-0.1, -0.05) is 24.3 Å². The first-order chi connectivity index (χ1) is 16.1. The summed E-state index contributed by atoms with van der Waals surface area (Å²) in [6.45, 7) is 2.19. The van der Waals surface area contributed by atoms with Crippen molar-refractivity contribution in [3.05, 3.63) is 47.7 Å². The van der Waals surface area contributed by atoms with Crippen LogP contribution in [0, 0.1) is 5.92 Å². The molecule has 2 heterocycles. The SMILES string of the molecule is CC(F)(F)CN1C[C@@H]2C[C@]2(c2ccc(-c3cnc(N)c(C(=O)N[C@H]4CC[C@H](O)CC4)c3)cc2)C1. The van der Waals surface area contributed by atoms with Crippen LogP contribution >= 0.6 is 0 Å². The van der Waals surface area contributed by atoms with Crippen LogP contribution < -0.4 is 11.1 Å². The number of piperidine rings is 1. The van der Waals surface area contributed by atoms with Crippen LogP contribution in [0.3, 0.4) is 0 Å². The third-order valence-electron chi connectivity index (χ3n) is 7.71. The number of hydrogen-bond acceptors (Lipinski definition) is 5. The van der Waals surface area contributed by atoms with E-state index in [9.17, 15) is 18.7 Å². The minimum absolute atomic E-state index is 0.0121. The molecular formula is C26H32F2N4O2. The molecule has 1 aromatic heterocycles. The maximum Gasteiger partial charge on any atom is 0.257 e. The lowest BCUT2D eigenvalue weighted by Crippen LogP contribution is -2.38. The number of nitrogens with one attached hydrogen (secondary N) is 1. The van der Waals surface area contributed by atoms with Gasteiger partial charge in [0.2, 0.25) is 0 Å². The minimum atomic E-state index is -2.67. The normalized spacial score (nSPS) is 29.0. The number of carbonyl (C=O) groups excluding carboxylic acids is 1. The van der Waals surface area contributed by atoms with Crippen molar-refractivity contribution >= 4 is 11.7 Å². The maximum absolute atomic E-state index is 13.5. The standard InChI is InChI=1S/C26H32F2N4O2/c1-25(27,28)14-32-13-19-11-26(19,15-32)18-4-2-16(3-5-18)17-10-22(23(29)30-12-17)24(34)31-20-6-8-21(33)9-7-20/h2-5,10,12,19-21,33H,6-9,11,13-15H2,1H3,(H2,29,30)(H,31,34)/t19-,20-,21-,26+/m0/s1. The molecule has 1 aromatic carbocycles. The first-order valence-electron chi connectivity index (χ1n) is 12.1. The van der Waals surface area contributed by atoms with E-state index in [4.69, 9.17) is 5.73 Å². The molecule has 5 rings (SSSR count). The van der Waals surface area contributed by atoms with Crippen LogP contribution in [-0.2, 0) is 5.41 Å². The number of aliphatic hydroxyl groups is 1. The van der Waals surface area contributed by atoms with Crippen LogP contribution in [0.2, 0.25) is 0 Å². The van der Waals surface area contributed by atoms with Gasteiger partial charge in [0, 0.05) is 43.2 Å². The average molecular weight is 471 g/mol. The van der Waals surface area contributed by atoms with Crippen molar-refractivity contribution in [2.24, 2.45) is 5.92 Å². The van der Waals surface area contributed by atoms with Gasteiger partial charge in [-0.05, 0) is 55.2 Å². The third-order valence-corrected chi connectivity index (χ3v) is 7.71. The minimum Gasteiger partial charge on any atom is -0.393 e. The fourth-order valence-corrected chi connectivity index (χ4v) is 5.84. The Balaban J connectivity index is 1.28. The van der Waals surface area contributed by atoms with Crippen molar-refractivity contribution in [3.8, 4) is 11.1 Å². The number of hydrogen-bond donors (Lipinski definition) is 3. The van der Waals surface area contributed by atoms with Crippen molar-refractivity contribution in [2.45, 2.75) is 62.5 Å². The molecule has 0 unspecified atom stereocenters. The Morgan fingerprint density at radius 2 is 1.94 bits per heavy atom. The molecule has 2 saturated carbocycles. The molecule has 3 fully saturated rings. The molecule has 8 heteroatoms. The van der Waals surface area contributed by atoms with Crippen molar-refractivity contribution < 1.29 is 18.7 Å². The van der Waals surface area contributed by atoms with Gasteiger partial charge in [-0.3, -0.25) is 9.69 Å². The maximum atomic E-state index is 13.5. The number of nitrogens with two attached hydrogens (primary N) is 1. The van der Waals surface area contributed by atoms with Gasteiger partial charge >= 0.3 is 0 Å². The Labute approximate surface area is 198 Å². The van der Waals surface area contributed by atoms with E-state index >= 15 is 0 Å². The van der Waals surface area contributed by atoms with Crippen LogP contribution in [0.15, 0.2) is 36.5 Å². The third kappa shape index (κ3) is 4.66. The van der Waals surface area contributed by atoms with E-state index in [1.54, 1.807) is 12.3 Å². The summed E-state index contributed by atoms with van der Waals surface area (Å²) in [5.41, 5.74) is 9.26. The molecular weight excluding hydrogens is 438 g/mol. The number of amides is 1. The predicted molar refractivity (Wildman–Crippen MR) is 127 cm³/mol. The highest BCUT2D eigenvalue weighted by Crippen LogP contribution is 2.59. The average Bonchev–Trinajstić information content (AvgIpc) is 3.36. The van der Waals surface area contributed by atoms with Crippen LogP contribution in [0.5, 0.6) is 0 Å². The zero-order valence-electron chi connectivity index (χ0n) is 19.4. The van der Waals surface area contributed by atoms with E-state index in [0.29, 0.717) is 30.9 Å². The first kappa shape index (κ1) is 23.2. The number of aromatic nitrogens is 1. The zero-order chi connectivity index (χ0) is 24.1. The summed E-state index contributed by atoms with van der Waals surface area (Å²) in [6, 6.07) is 9.96. The van der Waals surface area contributed by atoms with Gasteiger partial charge < -0.3 is 16.2 Å². The number of pyridine rings is 1. The molecule has 2 aromatic rings. The molecule has 4 N–H and O–H groups in total. The summed E-state index contributed by atoms with van der Waals surface area (Å²) in [4.78, 5) is 19.0. The van der Waals surface area contributed by atoms with Gasteiger partial charge in [0.1, 0.15) is 5.82 Å². The number of rotatable bonds is 6.